The zero-order valence-corrected chi connectivity index (χ0v) is 60.1. The van der Waals surface area contributed by atoms with Crippen LogP contribution in [0, 0.1) is 46.5 Å². The molecular formula is C92H84F8N4O4. The van der Waals surface area contributed by atoms with Crippen LogP contribution < -0.4 is 21.3 Å². The Hall–Kier alpha value is -12.0. The molecule has 4 amide bonds. The van der Waals surface area contributed by atoms with Gasteiger partial charge in [0.2, 0.25) is 0 Å². The highest BCUT2D eigenvalue weighted by molar-refractivity contribution is 5.96. The molecule has 0 saturated carbocycles. The van der Waals surface area contributed by atoms with E-state index in [-0.39, 0.29) is 70.1 Å². The van der Waals surface area contributed by atoms with Crippen LogP contribution in [0.1, 0.15) is 187 Å². The zero-order valence-electron chi connectivity index (χ0n) is 60.1. The Kier molecular flexibility index (Phi) is 30.0. The number of halogens is 8. The Morgan fingerprint density at radius 3 is 0.481 bits per heavy atom. The maximum Gasteiger partial charge on any atom is 0.251 e. The highest BCUT2D eigenvalue weighted by Crippen LogP contribution is 2.33. The number of hydrogen-bond acceptors (Lipinski definition) is 4. The van der Waals surface area contributed by atoms with E-state index in [4.69, 9.17) is 0 Å². The van der Waals surface area contributed by atoms with Crippen LogP contribution in [-0.4, -0.2) is 23.6 Å². The lowest BCUT2D eigenvalue weighted by atomic mass is 9.90. The van der Waals surface area contributed by atoms with Crippen molar-refractivity contribution >= 4 is 23.6 Å². The van der Waals surface area contributed by atoms with Gasteiger partial charge in [0.25, 0.3) is 23.6 Å². The van der Waals surface area contributed by atoms with Crippen molar-refractivity contribution in [3.05, 3.63) is 429 Å². The van der Waals surface area contributed by atoms with Crippen molar-refractivity contribution < 1.29 is 54.3 Å². The fourth-order valence-corrected chi connectivity index (χ4v) is 12.6. The standard InChI is InChI=1S/4C23H21F2NO/c4*1-16(17-8-4-2-5-9-17)12-22(18-10-6-3-7-11-18)26-23(27)19-13-20(24)15-21(25)14-19/h4*2-11,13-16,22H,12H2,1H3,(H,26,27)/t4*16-,22+/m0000/s1. The molecule has 16 heteroatoms. The third kappa shape index (κ3) is 25.1. The second kappa shape index (κ2) is 40.5. The predicted molar refractivity (Wildman–Crippen MR) is 410 cm³/mol. The van der Waals surface area contributed by atoms with E-state index in [0.717, 1.165) is 95.1 Å². The lowest BCUT2D eigenvalue weighted by Gasteiger charge is -2.23. The van der Waals surface area contributed by atoms with E-state index < -0.39 is 70.2 Å². The summed E-state index contributed by atoms with van der Waals surface area (Å²) in [6, 6.07) is 88.8. The maximum atomic E-state index is 13.5. The van der Waals surface area contributed by atoms with E-state index in [1.165, 1.54) is 22.3 Å². The predicted octanol–water partition coefficient (Wildman–Crippen LogP) is 22.5. The number of carbonyl (C=O) groups excluding carboxylic acids is 4. The Bertz CT molecular complexity index is 4120. The fraction of sp³-hybridized carbons (Fsp3) is 0.174. The fourth-order valence-electron chi connectivity index (χ4n) is 12.6. The molecule has 12 aromatic rings. The molecule has 0 saturated heterocycles. The summed E-state index contributed by atoms with van der Waals surface area (Å²) >= 11 is 0. The summed E-state index contributed by atoms with van der Waals surface area (Å²) in [6.45, 7) is 8.39. The minimum Gasteiger partial charge on any atom is -0.345 e. The van der Waals surface area contributed by atoms with Gasteiger partial charge in [-0.2, -0.15) is 0 Å². The highest BCUT2D eigenvalue weighted by atomic mass is 19.2. The molecule has 12 aromatic carbocycles. The van der Waals surface area contributed by atoms with Gasteiger partial charge in [-0.3, -0.25) is 19.2 Å². The van der Waals surface area contributed by atoms with Crippen LogP contribution in [0.15, 0.2) is 315 Å². The molecule has 0 aliphatic rings. The van der Waals surface area contributed by atoms with Crippen LogP contribution in [0.25, 0.3) is 0 Å². The van der Waals surface area contributed by atoms with E-state index in [1.807, 2.05) is 194 Å². The third-order valence-electron chi connectivity index (χ3n) is 18.4. The van der Waals surface area contributed by atoms with Crippen molar-refractivity contribution in [3.63, 3.8) is 0 Å². The van der Waals surface area contributed by atoms with Crippen molar-refractivity contribution in [1.82, 2.24) is 21.3 Å². The van der Waals surface area contributed by atoms with Gasteiger partial charge < -0.3 is 21.3 Å². The second-order valence-electron chi connectivity index (χ2n) is 26.6. The van der Waals surface area contributed by atoms with Gasteiger partial charge in [0.1, 0.15) is 46.5 Å². The molecule has 0 unspecified atom stereocenters. The summed E-state index contributed by atoms with van der Waals surface area (Å²) in [6.07, 6.45) is 2.66. The molecule has 0 fully saturated rings. The molecule has 0 heterocycles. The zero-order chi connectivity index (χ0) is 76.9. The minimum atomic E-state index is -0.769. The summed E-state index contributed by atoms with van der Waals surface area (Å²) in [7, 11) is 0. The van der Waals surface area contributed by atoms with Crippen LogP contribution in [0.3, 0.4) is 0 Å². The van der Waals surface area contributed by atoms with Gasteiger partial charge in [-0.05, 0) is 142 Å². The second-order valence-corrected chi connectivity index (χ2v) is 26.6. The van der Waals surface area contributed by atoms with Crippen molar-refractivity contribution in [2.45, 2.75) is 101 Å². The first-order valence-corrected chi connectivity index (χ1v) is 35.6. The molecule has 4 N–H and O–H groups in total. The van der Waals surface area contributed by atoms with Gasteiger partial charge in [0.05, 0.1) is 24.2 Å². The molecule has 552 valence electrons. The smallest absolute Gasteiger partial charge is 0.251 e. The summed E-state index contributed by atoms with van der Waals surface area (Å²) in [5, 5.41) is 11.7. The van der Waals surface area contributed by atoms with Gasteiger partial charge in [0, 0.05) is 46.5 Å². The molecule has 0 aliphatic carbocycles. The first kappa shape index (κ1) is 80.1. The average molecular weight is 1460 g/mol. The molecule has 108 heavy (non-hydrogen) atoms. The topological polar surface area (TPSA) is 116 Å². The minimum absolute atomic E-state index is 0.0270. The van der Waals surface area contributed by atoms with Crippen LogP contribution >= 0.6 is 0 Å². The molecule has 8 atom stereocenters. The third-order valence-corrected chi connectivity index (χ3v) is 18.4. The molecule has 0 radical (unpaired) electrons. The normalized spacial score (nSPS) is 13.0. The van der Waals surface area contributed by atoms with E-state index in [0.29, 0.717) is 25.7 Å². The number of hydrogen-bond donors (Lipinski definition) is 4. The highest BCUT2D eigenvalue weighted by Gasteiger charge is 2.25. The lowest BCUT2D eigenvalue weighted by molar-refractivity contribution is 0.0924. The maximum absolute atomic E-state index is 13.5. The van der Waals surface area contributed by atoms with Crippen LogP contribution in [0.2, 0.25) is 0 Å². The molecule has 0 aromatic heterocycles. The quantitative estimate of drug-likeness (QED) is 0.0451. The Labute approximate surface area is 626 Å². The number of carbonyl (C=O) groups is 4. The summed E-state index contributed by atoms with van der Waals surface area (Å²) in [4.78, 5) is 50.4. The Morgan fingerprint density at radius 2 is 0.343 bits per heavy atom. The van der Waals surface area contributed by atoms with Gasteiger partial charge in [-0.1, -0.05) is 270 Å². The summed E-state index contributed by atoms with van der Waals surface area (Å²) in [5.74, 6) is -7.36. The van der Waals surface area contributed by atoms with Crippen molar-refractivity contribution in [2.75, 3.05) is 0 Å². The number of nitrogens with one attached hydrogen (secondary N) is 4. The monoisotopic (exact) mass is 1460 g/mol. The number of rotatable bonds is 24. The molecule has 0 spiro atoms. The van der Waals surface area contributed by atoms with Gasteiger partial charge in [0.15, 0.2) is 0 Å². The first-order valence-electron chi connectivity index (χ1n) is 35.6. The van der Waals surface area contributed by atoms with Gasteiger partial charge in [-0.25, -0.2) is 35.1 Å². The van der Waals surface area contributed by atoms with E-state index >= 15 is 0 Å². The summed E-state index contributed by atoms with van der Waals surface area (Å²) < 4.78 is 108. The van der Waals surface area contributed by atoms with Crippen LogP contribution in [0.5, 0.6) is 0 Å². The van der Waals surface area contributed by atoms with E-state index in [1.54, 1.807) is 0 Å². The molecular weight excluding hydrogens is 1380 g/mol. The largest absolute Gasteiger partial charge is 0.345 e. The summed E-state index contributed by atoms with van der Waals surface area (Å²) in [5.41, 5.74) is 8.37. The van der Waals surface area contributed by atoms with Crippen molar-refractivity contribution in [2.24, 2.45) is 0 Å². The molecule has 12 rings (SSSR count). The lowest BCUT2D eigenvalue weighted by Crippen LogP contribution is -2.29. The molecule has 0 aliphatic heterocycles. The van der Waals surface area contributed by atoms with Crippen LogP contribution in [0.4, 0.5) is 35.1 Å². The van der Waals surface area contributed by atoms with E-state index in [2.05, 4.69) is 97.5 Å². The Morgan fingerprint density at radius 1 is 0.213 bits per heavy atom. The first-order chi connectivity index (χ1) is 52.1. The number of amides is 4. The molecule has 0 bridgehead atoms. The van der Waals surface area contributed by atoms with Gasteiger partial charge in [-0.15, -0.1) is 0 Å². The van der Waals surface area contributed by atoms with Crippen molar-refractivity contribution in [3.8, 4) is 0 Å². The van der Waals surface area contributed by atoms with Crippen LogP contribution in [-0.2, 0) is 0 Å². The van der Waals surface area contributed by atoms with E-state index in [9.17, 15) is 54.3 Å². The van der Waals surface area contributed by atoms with Gasteiger partial charge >= 0.3 is 0 Å². The SMILES string of the molecule is C[C@@H](C[C@@H](NC(=O)c1cc(F)cc(F)c1)c1ccccc1)c1ccccc1.C[C@@H](C[C@@H](NC(=O)c1cc(F)cc(F)c1)c1ccccc1)c1ccccc1.C[C@@H](C[C@@H](NC(=O)c1cc(F)cc(F)c1)c1ccccc1)c1ccccc1.C[C@@H](C[C@@H](NC(=O)c1cc(F)cc(F)c1)c1ccccc1)c1ccccc1. The average Bonchev–Trinajstić information content (AvgIpc) is 0.854. The number of benzene rings is 12. The Balaban J connectivity index is 0.000000166. The van der Waals surface area contributed by atoms with Crippen molar-refractivity contribution in [1.29, 1.82) is 0 Å². The molecule has 8 nitrogen and oxygen atoms in total.